The second kappa shape index (κ2) is 8.48. The summed E-state index contributed by atoms with van der Waals surface area (Å²) in [6, 6.07) is 4.53. The van der Waals surface area contributed by atoms with Gasteiger partial charge in [0.2, 0.25) is 0 Å². The highest BCUT2D eigenvalue weighted by Gasteiger charge is 2.08. The normalized spacial score (nSPS) is 11.4. The Morgan fingerprint density at radius 1 is 1.30 bits per heavy atom. The fourth-order valence-corrected chi connectivity index (χ4v) is 2.17. The van der Waals surface area contributed by atoms with Gasteiger partial charge in [0, 0.05) is 12.6 Å². The number of rotatable bonds is 8. The van der Waals surface area contributed by atoms with Crippen molar-refractivity contribution in [3.63, 3.8) is 0 Å². The van der Waals surface area contributed by atoms with E-state index in [1.54, 1.807) is 6.07 Å². The number of nitrogens with zero attached hydrogens (tertiary/aromatic N) is 1. The number of halogens is 1. The maximum absolute atomic E-state index is 13.3. The van der Waals surface area contributed by atoms with Gasteiger partial charge in [0.1, 0.15) is 5.82 Å². The van der Waals surface area contributed by atoms with Crippen molar-refractivity contribution in [3.05, 3.63) is 41.2 Å². The van der Waals surface area contributed by atoms with Crippen LogP contribution in [0.15, 0.2) is 24.3 Å². The highest BCUT2D eigenvalue weighted by Crippen LogP contribution is 2.16. The van der Waals surface area contributed by atoms with Crippen LogP contribution in [0.5, 0.6) is 0 Å². The number of benzene rings is 1. The Morgan fingerprint density at radius 3 is 2.50 bits per heavy atom. The number of hydrogen-bond donors (Lipinski definition) is 1. The molecule has 0 amide bonds. The Bertz CT molecular complexity index is 466. The molecule has 0 atom stereocenters. The molecule has 0 aromatic heterocycles. The first-order valence-electron chi connectivity index (χ1n) is 6.98. The molecule has 0 fully saturated rings. The standard InChI is InChI=1S/C16H22FNO2/c1-3-9-18(10-4-2)12-14-5-7-15(17)11-13(14)6-8-16(19)20/h5-8,11H,3-4,9-10,12H2,1-2H3,(H,19,20). The van der Waals surface area contributed by atoms with Crippen LogP contribution in [0.1, 0.15) is 37.8 Å². The van der Waals surface area contributed by atoms with E-state index in [1.807, 2.05) is 0 Å². The Labute approximate surface area is 119 Å². The first-order chi connectivity index (χ1) is 9.56. The molecule has 0 aliphatic rings. The van der Waals surface area contributed by atoms with Gasteiger partial charge in [-0.25, -0.2) is 9.18 Å². The van der Waals surface area contributed by atoms with Crippen LogP contribution < -0.4 is 0 Å². The molecule has 4 heteroatoms. The lowest BCUT2D eigenvalue weighted by atomic mass is 10.1. The Morgan fingerprint density at radius 2 is 1.95 bits per heavy atom. The summed E-state index contributed by atoms with van der Waals surface area (Å²) in [5.41, 5.74) is 1.58. The summed E-state index contributed by atoms with van der Waals surface area (Å²) >= 11 is 0. The fourth-order valence-electron chi connectivity index (χ4n) is 2.17. The van der Waals surface area contributed by atoms with Gasteiger partial charge in [0.05, 0.1) is 0 Å². The smallest absolute Gasteiger partial charge is 0.328 e. The van der Waals surface area contributed by atoms with Gasteiger partial charge in [-0.2, -0.15) is 0 Å². The molecule has 20 heavy (non-hydrogen) atoms. The monoisotopic (exact) mass is 279 g/mol. The van der Waals surface area contributed by atoms with Crippen LogP contribution in [0, 0.1) is 5.82 Å². The zero-order valence-electron chi connectivity index (χ0n) is 12.1. The van der Waals surface area contributed by atoms with Gasteiger partial charge < -0.3 is 5.11 Å². The molecule has 0 saturated carbocycles. The molecular weight excluding hydrogens is 257 g/mol. The van der Waals surface area contributed by atoms with Crippen molar-refractivity contribution in [2.24, 2.45) is 0 Å². The van der Waals surface area contributed by atoms with Gasteiger partial charge in [-0.1, -0.05) is 19.9 Å². The molecule has 0 bridgehead atoms. The van der Waals surface area contributed by atoms with E-state index in [9.17, 15) is 9.18 Å². The van der Waals surface area contributed by atoms with E-state index in [0.717, 1.165) is 37.6 Å². The summed E-state index contributed by atoms with van der Waals surface area (Å²) in [4.78, 5) is 12.9. The summed E-state index contributed by atoms with van der Waals surface area (Å²) < 4.78 is 13.3. The van der Waals surface area contributed by atoms with Gasteiger partial charge in [0.15, 0.2) is 0 Å². The predicted octanol–water partition coefficient (Wildman–Crippen LogP) is 3.55. The lowest BCUT2D eigenvalue weighted by Gasteiger charge is -2.22. The van der Waals surface area contributed by atoms with Gasteiger partial charge in [-0.05, 0) is 55.3 Å². The maximum atomic E-state index is 13.3. The van der Waals surface area contributed by atoms with Gasteiger partial charge >= 0.3 is 5.97 Å². The van der Waals surface area contributed by atoms with Crippen molar-refractivity contribution in [2.75, 3.05) is 13.1 Å². The topological polar surface area (TPSA) is 40.5 Å². The highest BCUT2D eigenvalue weighted by atomic mass is 19.1. The van der Waals surface area contributed by atoms with Crippen molar-refractivity contribution < 1.29 is 14.3 Å². The number of carbonyl (C=O) groups is 1. The molecular formula is C16H22FNO2. The van der Waals surface area contributed by atoms with Crippen LogP contribution in [-0.2, 0) is 11.3 Å². The summed E-state index contributed by atoms with van der Waals surface area (Å²) in [5.74, 6) is -1.38. The average molecular weight is 279 g/mol. The lowest BCUT2D eigenvalue weighted by Crippen LogP contribution is -2.25. The third-order valence-corrected chi connectivity index (χ3v) is 2.99. The fraction of sp³-hybridized carbons (Fsp3) is 0.438. The molecule has 1 N–H and O–H groups in total. The van der Waals surface area contributed by atoms with Crippen LogP contribution >= 0.6 is 0 Å². The van der Waals surface area contributed by atoms with E-state index in [1.165, 1.54) is 18.2 Å². The van der Waals surface area contributed by atoms with Crippen molar-refractivity contribution in [2.45, 2.75) is 33.2 Å². The Hall–Kier alpha value is -1.68. The molecule has 1 aromatic carbocycles. The third kappa shape index (κ3) is 5.53. The molecule has 0 unspecified atom stereocenters. The summed E-state index contributed by atoms with van der Waals surface area (Å²) in [7, 11) is 0. The molecule has 1 rings (SSSR count). The lowest BCUT2D eigenvalue weighted by molar-refractivity contribution is -0.131. The maximum Gasteiger partial charge on any atom is 0.328 e. The first kappa shape index (κ1) is 16.4. The van der Waals surface area contributed by atoms with Crippen molar-refractivity contribution in [1.82, 2.24) is 4.90 Å². The third-order valence-electron chi connectivity index (χ3n) is 2.99. The second-order valence-corrected chi connectivity index (χ2v) is 4.79. The number of aliphatic carboxylic acids is 1. The zero-order chi connectivity index (χ0) is 15.0. The number of hydrogen-bond acceptors (Lipinski definition) is 2. The van der Waals surface area contributed by atoms with Gasteiger partial charge in [-0.15, -0.1) is 0 Å². The van der Waals surface area contributed by atoms with E-state index in [4.69, 9.17) is 5.11 Å². The SMILES string of the molecule is CCCN(CCC)Cc1ccc(F)cc1C=CC(=O)O. The highest BCUT2D eigenvalue weighted by molar-refractivity contribution is 5.85. The van der Waals surface area contributed by atoms with Crippen molar-refractivity contribution in [3.8, 4) is 0 Å². The van der Waals surface area contributed by atoms with E-state index < -0.39 is 5.97 Å². The minimum Gasteiger partial charge on any atom is -0.478 e. The quantitative estimate of drug-likeness (QED) is 0.740. The van der Waals surface area contributed by atoms with E-state index in [2.05, 4.69) is 18.7 Å². The zero-order valence-corrected chi connectivity index (χ0v) is 12.1. The molecule has 0 saturated heterocycles. The second-order valence-electron chi connectivity index (χ2n) is 4.79. The minimum absolute atomic E-state index is 0.351. The molecule has 3 nitrogen and oxygen atoms in total. The van der Waals surface area contributed by atoms with Crippen LogP contribution in [0.3, 0.4) is 0 Å². The van der Waals surface area contributed by atoms with Gasteiger partial charge in [-0.3, -0.25) is 4.90 Å². The summed E-state index contributed by atoms with van der Waals surface area (Å²) in [6.07, 6.45) is 4.61. The number of carboxylic acids is 1. The first-order valence-corrected chi connectivity index (χ1v) is 6.98. The largest absolute Gasteiger partial charge is 0.478 e. The van der Waals surface area contributed by atoms with E-state index >= 15 is 0 Å². The van der Waals surface area contributed by atoms with Crippen molar-refractivity contribution in [1.29, 1.82) is 0 Å². The van der Waals surface area contributed by atoms with Gasteiger partial charge in [0.25, 0.3) is 0 Å². The molecule has 0 radical (unpaired) electrons. The molecule has 1 aromatic rings. The minimum atomic E-state index is -1.03. The van der Waals surface area contributed by atoms with Crippen LogP contribution in [-0.4, -0.2) is 29.1 Å². The van der Waals surface area contributed by atoms with Crippen LogP contribution in [0.2, 0.25) is 0 Å². The summed E-state index contributed by atoms with van der Waals surface area (Å²) in [6.45, 7) is 6.92. The Kier molecular flexibility index (Phi) is 6.94. The molecule has 0 heterocycles. The molecule has 0 aliphatic carbocycles. The average Bonchev–Trinajstić information content (AvgIpc) is 2.39. The van der Waals surface area contributed by atoms with Crippen LogP contribution in [0.4, 0.5) is 4.39 Å². The summed E-state index contributed by atoms with van der Waals surface area (Å²) in [5, 5.41) is 8.69. The van der Waals surface area contributed by atoms with Crippen molar-refractivity contribution >= 4 is 12.0 Å². The van der Waals surface area contributed by atoms with Crippen LogP contribution in [0.25, 0.3) is 6.08 Å². The molecule has 0 spiro atoms. The number of carboxylic acid groups (broad SMARTS) is 1. The Balaban J connectivity index is 2.94. The van der Waals surface area contributed by atoms with E-state index in [-0.39, 0.29) is 5.82 Å². The van der Waals surface area contributed by atoms with E-state index in [0.29, 0.717) is 12.1 Å². The predicted molar refractivity (Wildman–Crippen MR) is 78.9 cm³/mol. The molecule has 110 valence electrons. The molecule has 0 aliphatic heterocycles.